The van der Waals surface area contributed by atoms with Gasteiger partial charge in [0.15, 0.2) is 0 Å². The zero-order valence-electron chi connectivity index (χ0n) is 13.7. The lowest BCUT2D eigenvalue weighted by Gasteiger charge is -2.29. The van der Waals surface area contributed by atoms with Crippen LogP contribution >= 0.6 is 0 Å². The summed E-state index contributed by atoms with van der Waals surface area (Å²) in [6.45, 7) is 4.40. The van der Waals surface area contributed by atoms with Gasteiger partial charge in [0, 0.05) is 17.5 Å². The molecule has 1 aromatic heterocycles. The summed E-state index contributed by atoms with van der Waals surface area (Å²) in [5.41, 5.74) is 4.00. The van der Waals surface area contributed by atoms with E-state index in [0.717, 1.165) is 34.3 Å². The number of carboxylic acids is 1. The number of aromatic nitrogens is 1. The summed E-state index contributed by atoms with van der Waals surface area (Å²) >= 11 is 0. The number of pyridine rings is 1. The van der Waals surface area contributed by atoms with E-state index >= 15 is 0 Å². The number of nitrogens with zero attached hydrogens (tertiary/aromatic N) is 2. The molecule has 1 amide bonds. The summed E-state index contributed by atoms with van der Waals surface area (Å²) in [5.74, 6) is -1.02. The lowest BCUT2D eigenvalue weighted by molar-refractivity contribution is -0.137. The summed E-state index contributed by atoms with van der Waals surface area (Å²) < 4.78 is 0. The summed E-state index contributed by atoms with van der Waals surface area (Å²) in [5, 5.41) is 9.85. The molecule has 1 aliphatic heterocycles. The van der Waals surface area contributed by atoms with Crippen LogP contribution < -0.4 is 0 Å². The van der Waals surface area contributed by atoms with Crippen molar-refractivity contribution in [2.24, 2.45) is 5.41 Å². The van der Waals surface area contributed by atoms with Crippen LogP contribution in [0, 0.1) is 5.41 Å². The number of amides is 1. The van der Waals surface area contributed by atoms with Crippen LogP contribution in [-0.4, -0.2) is 33.4 Å². The van der Waals surface area contributed by atoms with Crippen molar-refractivity contribution in [2.75, 3.05) is 6.54 Å². The van der Waals surface area contributed by atoms with Crippen molar-refractivity contribution in [3.05, 3.63) is 47.2 Å². The molecule has 5 nitrogen and oxygen atoms in total. The minimum atomic E-state index is -0.905. The molecule has 0 fully saturated rings. The summed E-state index contributed by atoms with van der Waals surface area (Å²) in [7, 11) is 0. The summed E-state index contributed by atoms with van der Waals surface area (Å²) in [6, 6.07) is 7.65. The van der Waals surface area contributed by atoms with E-state index in [0.29, 0.717) is 5.56 Å². The number of para-hydroxylation sites is 1. The van der Waals surface area contributed by atoms with Gasteiger partial charge in [-0.05, 0) is 17.9 Å². The molecule has 0 radical (unpaired) electrons. The zero-order chi connectivity index (χ0) is 17.1. The average Bonchev–Trinajstić information content (AvgIpc) is 2.77. The van der Waals surface area contributed by atoms with E-state index in [1.54, 1.807) is 4.90 Å². The van der Waals surface area contributed by atoms with Gasteiger partial charge in [-0.3, -0.25) is 14.6 Å². The number of benzene rings is 1. The van der Waals surface area contributed by atoms with Crippen LogP contribution in [0.1, 0.15) is 41.9 Å². The van der Waals surface area contributed by atoms with Gasteiger partial charge >= 0.3 is 5.97 Å². The first-order valence-electron chi connectivity index (χ1n) is 8.06. The molecule has 0 atom stereocenters. The SMILES string of the molecule is CC1(C)C=C2c3c(nc4ccccc4c3C(=O)N2CCC(=O)O)C1. The van der Waals surface area contributed by atoms with Gasteiger partial charge in [-0.1, -0.05) is 38.1 Å². The molecule has 4 rings (SSSR count). The van der Waals surface area contributed by atoms with Crippen molar-refractivity contribution in [3.63, 3.8) is 0 Å². The van der Waals surface area contributed by atoms with Crippen LogP contribution in [0.5, 0.6) is 0 Å². The third kappa shape index (κ3) is 2.12. The molecule has 0 saturated carbocycles. The molecule has 2 heterocycles. The maximum absolute atomic E-state index is 13.0. The van der Waals surface area contributed by atoms with Crippen LogP contribution in [0.15, 0.2) is 30.3 Å². The fraction of sp³-hybridized carbons (Fsp3) is 0.316. The monoisotopic (exact) mass is 322 g/mol. The number of carboxylic acid groups (broad SMARTS) is 1. The second-order valence-electron chi connectivity index (χ2n) is 7.12. The fourth-order valence-electron chi connectivity index (χ4n) is 3.70. The van der Waals surface area contributed by atoms with Crippen molar-refractivity contribution < 1.29 is 14.7 Å². The lowest BCUT2D eigenvalue weighted by atomic mass is 9.79. The Labute approximate surface area is 139 Å². The van der Waals surface area contributed by atoms with Gasteiger partial charge < -0.3 is 10.0 Å². The highest BCUT2D eigenvalue weighted by Gasteiger charge is 2.41. The molecule has 24 heavy (non-hydrogen) atoms. The van der Waals surface area contributed by atoms with E-state index < -0.39 is 5.97 Å². The first-order chi connectivity index (χ1) is 11.4. The van der Waals surface area contributed by atoms with Crippen molar-refractivity contribution in [2.45, 2.75) is 26.7 Å². The Hall–Kier alpha value is -2.69. The van der Waals surface area contributed by atoms with Gasteiger partial charge in [-0.25, -0.2) is 0 Å². The molecule has 0 bridgehead atoms. The van der Waals surface area contributed by atoms with E-state index in [9.17, 15) is 9.59 Å². The van der Waals surface area contributed by atoms with Crippen LogP contribution in [0.2, 0.25) is 0 Å². The molecule has 1 aromatic carbocycles. The molecule has 0 unspecified atom stereocenters. The van der Waals surface area contributed by atoms with Gasteiger partial charge in [0.05, 0.1) is 28.9 Å². The predicted molar refractivity (Wildman–Crippen MR) is 90.5 cm³/mol. The van der Waals surface area contributed by atoms with Crippen molar-refractivity contribution in [1.82, 2.24) is 9.88 Å². The van der Waals surface area contributed by atoms with Crippen molar-refractivity contribution in [3.8, 4) is 0 Å². The molecule has 0 spiro atoms. The number of rotatable bonds is 3. The summed E-state index contributed by atoms with van der Waals surface area (Å²) in [6.07, 6.45) is 2.78. The molecule has 2 aliphatic rings. The van der Waals surface area contributed by atoms with E-state index in [1.165, 1.54) is 0 Å². The Morgan fingerprint density at radius 2 is 2.04 bits per heavy atom. The Morgan fingerprint density at radius 1 is 1.29 bits per heavy atom. The number of hydrogen-bond acceptors (Lipinski definition) is 3. The first kappa shape index (κ1) is 14.9. The van der Waals surface area contributed by atoms with Crippen LogP contribution in [0.25, 0.3) is 16.6 Å². The van der Waals surface area contributed by atoms with E-state index in [4.69, 9.17) is 10.1 Å². The second-order valence-corrected chi connectivity index (χ2v) is 7.12. The minimum Gasteiger partial charge on any atom is -0.481 e. The second kappa shape index (κ2) is 4.90. The van der Waals surface area contributed by atoms with E-state index in [-0.39, 0.29) is 24.3 Å². The maximum atomic E-state index is 13.0. The van der Waals surface area contributed by atoms with Gasteiger partial charge in [0.2, 0.25) is 0 Å². The smallest absolute Gasteiger partial charge is 0.305 e. The highest BCUT2D eigenvalue weighted by molar-refractivity contribution is 6.17. The first-order valence-corrected chi connectivity index (χ1v) is 8.06. The van der Waals surface area contributed by atoms with E-state index in [2.05, 4.69) is 19.9 Å². The molecule has 122 valence electrons. The molecule has 0 saturated heterocycles. The molecule has 1 N–H and O–H groups in total. The van der Waals surface area contributed by atoms with Gasteiger partial charge in [-0.2, -0.15) is 0 Å². The molecular weight excluding hydrogens is 304 g/mol. The highest BCUT2D eigenvalue weighted by atomic mass is 16.4. The number of hydrogen-bond donors (Lipinski definition) is 1. The third-order valence-electron chi connectivity index (χ3n) is 4.67. The normalized spacial score (nSPS) is 17.8. The highest BCUT2D eigenvalue weighted by Crippen LogP contribution is 2.45. The van der Waals surface area contributed by atoms with Gasteiger partial charge in [-0.15, -0.1) is 0 Å². The largest absolute Gasteiger partial charge is 0.481 e. The average molecular weight is 322 g/mol. The van der Waals surface area contributed by atoms with Crippen molar-refractivity contribution in [1.29, 1.82) is 0 Å². The Morgan fingerprint density at radius 3 is 2.79 bits per heavy atom. The Balaban J connectivity index is 1.97. The minimum absolute atomic E-state index is 0.0712. The topological polar surface area (TPSA) is 70.5 Å². The fourth-order valence-corrected chi connectivity index (χ4v) is 3.70. The number of carbonyl (C=O) groups is 2. The lowest BCUT2D eigenvalue weighted by Crippen LogP contribution is -2.28. The zero-order valence-corrected chi connectivity index (χ0v) is 13.7. The number of allylic oxidation sites excluding steroid dienone is 1. The number of aliphatic carboxylic acids is 1. The van der Waals surface area contributed by atoms with Gasteiger partial charge in [0.1, 0.15) is 0 Å². The predicted octanol–water partition coefficient (Wildman–Crippen LogP) is 3.09. The molecule has 5 heteroatoms. The molecular formula is C19H18N2O3. The van der Waals surface area contributed by atoms with Crippen LogP contribution in [0.3, 0.4) is 0 Å². The Bertz CT molecular complexity index is 928. The van der Waals surface area contributed by atoms with Crippen LogP contribution in [-0.2, 0) is 11.2 Å². The maximum Gasteiger partial charge on any atom is 0.305 e. The van der Waals surface area contributed by atoms with Crippen LogP contribution in [0.4, 0.5) is 0 Å². The molecule has 1 aliphatic carbocycles. The number of carbonyl (C=O) groups excluding carboxylic acids is 1. The standard InChI is InChI=1S/C19H18N2O3/c1-19(2)9-13-17-14(10-19)21(8-7-15(22)23)18(24)16(17)11-5-3-4-6-12(11)20-13/h3-6,10H,7-9H2,1-2H3,(H,22,23). The quantitative estimate of drug-likeness (QED) is 0.942. The molecule has 2 aromatic rings. The van der Waals surface area contributed by atoms with Crippen molar-refractivity contribution >= 4 is 28.5 Å². The van der Waals surface area contributed by atoms with Gasteiger partial charge in [0.25, 0.3) is 5.91 Å². The number of fused-ring (bicyclic) bond motifs is 2. The Kier molecular flexibility index (Phi) is 3.04. The summed E-state index contributed by atoms with van der Waals surface area (Å²) in [4.78, 5) is 30.4. The van der Waals surface area contributed by atoms with E-state index in [1.807, 2.05) is 24.3 Å². The third-order valence-corrected chi connectivity index (χ3v) is 4.67.